The molecule has 1 amide bonds. The van der Waals surface area contributed by atoms with Crippen LogP contribution < -0.4 is 10.1 Å². The summed E-state index contributed by atoms with van der Waals surface area (Å²) in [6, 6.07) is 14.5. The van der Waals surface area contributed by atoms with Crippen LogP contribution in [-0.4, -0.2) is 61.6 Å². The van der Waals surface area contributed by atoms with Crippen molar-refractivity contribution in [3.8, 4) is 5.75 Å². The molecule has 0 aliphatic heterocycles. The van der Waals surface area contributed by atoms with E-state index in [1.807, 2.05) is 30.3 Å². The van der Waals surface area contributed by atoms with Crippen LogP contribution in [0.4, 0.5) is 4.79 Å². The maximum Gasteiger partial charge on any atom is 0.407 e. The largest absolute Gasteiger partial charge is 0.497 e. The monoisotopic (exact) mass is 534 g/mol. The molecule has 2 N–H and O–H groups in total. The van der Waals surface area contributed by atoms with Crippen molar-refractivity contribution in [3.63, 3.8) is 0 Å². The van der Waals surface area contributed by atoms with Crippen LogP contribution in [0, 0.1) is 0 Å². The highest BCUT2D eigenvalue weighted by molar-refractivity contribution is 7.89. The summed E-state index contributed by atoms with van der Waals surface area (Å²) in [7, 11) is -2.62. The maximum absolute atomic E-state index is 13.6. The first kappa shape index (κ1) is 28.9. The molecule has 0 aromatic heterocycles. The Morgan fingerprint density at radius 3 is 2.27 bits per heavy atom. The summed E-state index contributed by atoms with van der Waals surface area (Å²) in [5.41, 5.74) is 0.130. The molecule has 204 valence electrons. The molecule has 0 spiro atoms. The first-order valence-corrected chi connectivity index (χ1v) is 14.0. The van der Waals surface area contributed by atoms with Gasteiger partial charge in [0.05, 0.1) is 36.8 Å². The van der Waals surface area contributed by atoms with Gasteiger partial charge in [0, 0.05) is 0 Å². The van der Waals surface area contributed by atoms with Gasteiger partial charge in [-0.15, -0.1) is 0 Å². The number of nitrogens with one attached hydrogen (secondary N) is 1. The van der Waals surface area contributed by atoms with Gasteiger partial charge < -0.3 is 19.9 Å². The Labute approximate surface area is 219 Å². The fourth-order valence-corrected chi connectivity index (χ4v) is 5.41. The van der Waals surface area contributed by atoms with Crippen molar-refractivity contribution in [3.05, 3.63) is 60.2 Å². The van der Waals surface area contributed by atoms with Gasteiger partial charge in [-0.2, -0.15) is 0 Å². The van der Waals surface area contributed by atoms with E-state index in [9.17, 15) is 18.3 Å². The second-order valence-electron chi connectivity index (χ2n) is 10.2. The average Bonchev–Trinajstić information content (AvgIpc) is 3.36. The minimum absolute atomic E-state index is 0.0122. The fourth-order valence-electron chi connectivity index (χ4n) is 4.11. The van der Waals surface area contributed by atoms with Gasteiger partial charge in [0.25, 0.3) is 10.0 Å². The third-order valence-corrected chi connectivity index (χ3v) is 7.63. The van der Waals surface area contributed by atoms with Crippen molar-refractivity contribution in [1.29, 1.82) is 0 Å². The average molecular weight is 535 g/mol. The standard InChI is InChI=1S/C27H38N2O7S/c1-27(2,3)35-26(31)28-24(18-20-10-6-5-7-11-20)25(30)19-29(36-22-12-8-9-13-22)37(32,33)23-16-14-21(34-4)15-17-23/h5-7,10-11,14-17,22,24-25,30H,8-9,12-13,18-19H2,1-4H3,(H,28,31). The SMILES string of the molecule is COc1ccc(S(=O)(=O)N(CC(O)C(Cc2ccccc2)NC(=O)OC(C)(C)C)OC2CCCC2)cc1. The van der Waals surface area contributed by atoms with E-state index in [1.165, 1.54) is 19.2 Å². The Morgan fingerprint density at radius 1 is 1.08 bits per heavy atom. The van der Waals surface area contributed by atoms with Gasteiger partial charge in [-0.1, -0.05) is 47.6 Å². The molecule has 0 saturated heterocycles. The summed E-state index contributed by atoms with van der Waals surface area (Å²) >= 11 is 0. The number of ether oxygens (including phenoxy) is 2. The molecule has 9 nitrogen and oxygen atoms in total. The second-order valence-corrected chi connectivity index (χ2v) is 12.0. The highest BCUT2D eigenvalue weighted by atomic mass is 32.2. The molecule has 1 saturated carbocycles. The highest BCUT2D eigenvalue weighted by Gasteiger charge is 2.35. The van der Waals surface area contributed by atoms with Crippen LogP contribution in [0.1, 0.15) is 52.0 Å². The van der Waals surface area contributed by atoms with Crippen molar-refractivity contribution in [1.82, 2.24) is 9.79 Å². The molecule has 2 unspecified atom stereocenters. The number of carbonyl (C=O) groups is 1. The van der Waals surface area contributed by atoms with Crippen molar-refractivity contribution in [2.75, 3.05) is 13.7 Å². The van der Waals surface area contributed by atoms with E-state index in [4.69, 9.17) is 14.3 Å². The van der Waals surface area contributed by atoms with Crippen LogP contribution in [0.25, 0.3) is 0 Å². The summed E-state index contributed by atoms with van der Waals surface area (Å²) in [6.07, 6.45) is 1.35. The van der Waals surface area contributed by atoms with E-state index in [1.54, 1.807) is 32.9 Å². The van der Waals surface area contributed by atoms with E-state index >= 15 is 0 Å². The number of hydrogen-bond acceptors (Lipinski definition) is 7. The number of nitrogens with zero attached hydrogens (tertiary/aromatic N) is 1. The smallest absolute Gasteiger partial charge is 0.407 e. The summed E-state index contributed by atoms with van der Waals surface area (Å²) < 4.78 is 38.6. The zero-order chi connectivity index (χ0) is 27.1. The maximum atomic E-state index is 13.6. The zero-order valence-electron chi connectivity index (χ0n) is 21.9. The molecule has 1 aliphatic rings. The van der Waals surface area contributed by atoms with Gasteiger partial charge in [0.15, 0.2) is 0 Å². The lowest BCUT2D eigenvalue weighted by molar-refractivity contribution is -0.145. The van der Waals surface area contributed by atoms with E-state index in [-0.39, 0.29) is 24.0 Å². The summed E-state index contributed by atoms with van der Waals surface area (Å²) in [4.78, 5) is 18.6. The van der Waals surface area contributed by atoms with Gasteiger partial charge in [-0.25, -0.2) is 13.2 Å². The molecule has 3 rings (SSSR count). The van der Waals surface area contributed by atoms with Crippen LogP contribution >= 0.6 is 0 Å². The molecule has 0 radical (unpaired) electrons. The van der Waals surface area contributed by atoms with Crippen LogP contribution in [0.3, 0.4) is 0 Å². The van der Waals surface area contributed by atoms with E-state index in [2.05, 4.69) is 5.32 Å². The van der Waals surface area contributed by atoms with Gasteiger partial charge in [0.1, 0.15) is 11.4 Å². The number of sulfonamides is 1. The quantitative estimate of drug-likeness (QED) is 0.418. The predicted molar refractivity (Wildman–Crippen MR) is 140 cm³/mol. The number of aliphatic hydroxyl groups is 1. The number of rotatable bonds is 11. The van der Waals surface area contributed by atoms with E-state index < -0.39 is 33.9 Å². The normalized spacial score (nSPS) is 16.4. The Bertz CT molecular complexity index is 1100. The lowest BCUT2D eigenvalue weighted by Crippen LogP contribution is -2.51. The number of carbonyl (C=O) groups excluding carboxylic acids is 1. The number of benzene rings is 2. The lowest BCUT2D eigenvalue weighted by atomic mass is 10.0. The van der Waals surface area contributed by atoms with Crippen LogP contribution in [0.5, 0.6) is 5.75 Å². The number of aliphatic hydroxyl groups excluding tert-OH is 1. The number of amides is 1. The van der Waals surface area contributed by atoms with Gasteiger partial charge in [-0.05, 0) is 69.9 Å². The Balaban J connectivity index is 1.86. The summed E-state index contributed by atoms with van der Waals surface area (Å²) in [5, 5.41) is 14.0. The Hall–Kier alpha value is -2.66. The fraction of sp³-hybridized carbons (Fsp3) is 0.519. The zero-order valence-corrected chi connectivity index (χ0v) is 22.7. The molecule has 1 aliphatic carbocycles. The van der Waals surface area contributed by atoms with Crippen molar-refractivity contribution >= 4 is 16.1 Å². The minimum atomic E-state index is -4.12. The third kappa shape index (κ3) is 8.70. The molecule has 10 heteroatoms. The molecular weight excluding hydrogens is 496 g/mol. The first-order valence-electron chi connectivity index (χ1n) is 12.5. The summed E-state index contributed by atoms with van der Waals surface area (Å²) in [5.74, 6) is 0.520. The molecule has 0 bridgehead atoms. The molecule has 2 aromatic carbocycles. The van der Waals surface area contributed by atoms with Crippen molar-refractivity contribution < 1.29 is 32.6 Å². The van der Waals surface area contributed by atoms with Crippen LogP contribution in [-0.2, 0) is 26.0 Å². The minimum Gasteiger partial charge on any atom is -0.497 e. The number of alkyl carbamates (subject to hydrolysis) is 1. The Kier molecular flexibility index (Phi) is 9.94. The molecule has 2 aromatic rings. The van der Waals surface area contributed by atoms with Crippen molar-refractivity contribution in [2.45, 2.75) is 81.6 Å². The van der Waals surface area contributed by atoms with Crippen molar-refractivity contribution in [2.24, 2.45) is 0 Å². The number of hydrogen-bond donors (Lipinski definition) is 2. The Morgan fingerprint density at radius 2 is 1.70 bits per heavy atom. The number of hydroxylamine groups is 1. The second kappa shape index (κ2) is 12.7. The van der Waals surface area contributed by atoms with Gasteiger partial charge in [0.2, 0.25) is 0 Å². The van der Waals surface area contributed by atoms with Crippen LogP contribution in [0.2, 0.25) is 0 Å². The van der Waals surface area contributed by atoms with E-state index in [0.717, 1.165) is 35.7 Å². The molecule has 0 heterocycles. The first-order chi connectivity index (χ1) is 17.5. The van der Waals surface area contributed by atoms with Crippen LogP contribution in [0.15, 0.2) is 59.5 Å². The van der Waals surface area contributed by atoms with Gasteiger partial charge in [-0.3, -0.25) is 4.84 Å². The third-order valence-electron chi connectivity index (χ3n) is 6.00. The predicted octanol–water partition coefficient (Wildman–Crippen LogP) is 4.06. The van der Waals surface area contributed by atoms with Gasteiger partial charge >= 0.3 is 6.09 Å². The topological polar surface area (TPSA) is 114 Å². The molecule has 2 atom stereocenters. The molecular formula is C27H38N2O7S. The molecule has 37 heavy (non-hydrogen) atoms. The lowest BCUT2D eigenvalue weighted by Gasteiger charge is -2.31. The highest BCUT2D eigenvalue weighted by Crippen LogP contribution is 2.27. The summed E-state index contributed by atoms with van der Waals surface area (Å²) in [6.45, 7) is 4.85. The molecule has 1 fully saturated rings. The number of methoxy groups -OCH3 is 1. The van der Waals surface area contributed by atoms with E-state index in [0.29, 0.717) is 5.75 Å².